The van der Waals surface area contributed by atoms with Gasteiger partial charge in [-0.25, -0.2) is 0 Å². The van der Waals surface area contributed by atoms with Gasteiger partial charge < -0.3 is 14.5 Å². The van der Waals surface area contributed by atoms with E-state index in [0.717, 1.165) is 44.9 Å². The van der Waals surface area contributed by atoms with Gasteiger partial charge in [-0.2, -0.15) is 0 Å². The molecule has 1 amide bonds. The van der Waals surface area contributed by atoms with E-state index in [-0.39, 0.29) is 18.6 Å². The predicted octanol–water partition coefficient (Wildman–Crippen LogP) is 1.60. The van der Waals surface area contributed by atoms with Crippen molar-refractivity contribution in [1.82, 2.24) is 9.80 Å². The summed E-state index contributed by atoms with van der Waals surface area (Å²) in [6.07, 6.45) is 2.55. The Kier molecular flexibility index (Phi) is 6.65. The molecular formula is C14H28N2O2. The van der Waals surface area contributed by atoms with E-state index in [9.17, 15) is 4.79 Å². The number of hydrogen-bond donors (Lipinski definition) is 0. The third-order valence-electron chi connectivity index (χ3n) is 3.61. The first kappa shape index (κ1) is 15.4. The fraction of sp³-hybridized carbons (Fsp3) is 0.929. The molecule has 0 aromatic heterocycles. The fourth-order valence-corrected chi connectivity index (χ4v) is 2.29. The quantitative estimate of drug-likeness (QED) is 0.769. The highest BCUT2D eigenvalue weighted by molar-refractivity contribution is 5.77. The van der Waals surface area contributed by atoms with Gasteiger partial charge in [-0.05, 0) is 25.8 Å². The number of likely N-dealkylation sites (N-methyl/N-ethyl adjacent to an activating group) is 1. The van der Waals surface area contributed by atoms with Gasteiger partial charge in [0, 0.05) is 26.2 Å². The van der Waals surface area contributed by atoms with Crippen LogP contribution in [0.1, 0.15) is 33.6 Å². The molecule has 2 aliphatic heterocycles. The summed E-state index contributed by atoms with van der Waals surface area (Å²) in [7, 11) is 2.06. The number of piperidine rings is 1. The fourth-order valence-electron chi connectivity index (χ4n) is 2.29. The summed E-state index contributed by atoms with van der Waals surface area (Å²) >= 11 is 0. The molecule has 2 saturated heterocycles. The van der Waals surface area contributed by atoms with E-state index >= 15 is 0 Å². The second kappa shape index (κ2) is 7.74. The van der Waals surface area contributed by atoms with Gasteiger partial charge in [0.05, 0.1) is 6.10 Å². The minimum Gasteiger partial charge on any atom is -0.366 e. The minimum atomic E-state index is 0.168. The second-order valence-corrected chi connectivity index (χ2v) is 5.22. The highest BCUT2D eigenvalue weighted by Gasteiger charge is 2.26. The molecule has 2 aliphatic rings. The van der Waals surface area contributed by atoms with Crippen molar-refractivity contribution in [3.05, 3.63) is 0 Å². The molecule has 0 N–H and O–H groups in total. The van der Waals surface area contributed by atoms with Crippen molar-refractivity contribution in [2.24, 2.45) is 5.92 Å². The van der Waals surface area contributed by atoms with Crippen LogP contribution in [0.5, 0.6) is 0 Å². The Labute approximate surface area is 111 Å². The van der Waals surface area contributed by atoms with Crippen LogP contribution in [0.2, 0.25) is 0 Å². The van der Waals surface area contributed by atoms with Crippen molar-refractivity contribution in [1.29, 1.82) is 0 Å². The summed E-state index contributed by atoms with van der Waals surface area (Å²) in [6.45, 7) is 10.3. The number of rotatable bonds is 3. The van der Waals surface area contributed by atoms with Crippen LogP contribution in [-0.4, -0.2) is 61.6 Å². The van der Waals surface area contributed by atoms with Crippen LogP contribution in [0.25, 0.3) is 0 Å². The summed E-state index contributed by atoms with van der Waals surface area (Å²) in [5.41, 5.74) is 0. The van der Waals surface area contributed by atoms with Crippen LogP contribution < -0.4 is 0 Å². The van der Waals surface area contributed by atoms with E-state index in [1.807, 2.05) is 18.7 Å². The minimum absolute atomic E-state index is 0.168. The predicted molar refractivity (Wildman–Crippen MR) is 73.6 cm³/mol. The zero-order valence-electron chi connectivity index (χ0n) is 12.3. The summed E-state index contributed by atoms with van der Waals surface area (Å²) in [5.74, 6) is 0.937. The molecule has 4 heteroatoms. The molecule has 4 nitrogen and oxygen atoms in total. The van der Waals surface area contributed by atoms with Crippen LogP contribution in [0, 0.1) is 5.92 Å². The number of carbonyl (C=O) groups excluding carboxylic acids is 1. The lowest BCUT2D eigenvalue weighted by molar-refractivity contribution is -0.143. The third-order valence-corrected chi connectivity index (χ3v) is 3.61. The average Bonchev–Trinajstić information content (AvgIpc) is 2.36. The van der Waals surface area contributed by atoms with Crippen LogP contribution in [-0.2, 0) is 9.53 Å². The largest absolute Gasteiger partial charge is 0.366 e. The molecule has 0 aromatic rings. The monoisotopic (exact) mass is 256 g/mol. The normalized spacial score (nSPS) is 22.1. The van der Waals surface area contributed by atoms with Gasteiger partial charge in [0.2, 0.25) is 5.91 Å². The first-order valence-corrected chi connectivity index (χ1v) is 7.23. The molecule has 0 saturated carbocycles. The summed E-state index contributed by atoms with van der Waals surface area (Å²) in [4.78, 5) is 16.0. The maximum Gasteiger partial charge on any atom is 0.248 e. The van der Waals surface area contributed by atoms with E-state index < -0.39 is 0 Å². The molecule has 0 atom stereocenters. The highest BCUT2D eigenvalue weighted by atomic mass is 16.5. The molecule has 0 aromatic carbocycles. The second-order valence-electron chi connectivity index (χ2n) is 5.22. The molecule has 106 valence electrons. The molecular weight excluding hydrogens is 228 g/mol. The molecule has 0 bridgehead atoms. The lowest BCUT2D eigenvalue weighted by Gasteiger charge is -2.36. The number of likely N-dealkylation sites (tertiary alicyclic amines) is 2. The number of hydrogen-bond acceptors (Lipinski definition) is 3. The summed E-state index contributed by atoms with van der Waals surface area (Å²) in [5, 5.41) is 0. The summed E-state index contributed by atoms with van der Waals surface area (Å²) in [6, 6.07) is 0. The Morgan fingerprint density at radius 1 is 1.22 bits per heavy atom. The topological polar surface area (TPSA) is 32.8 Å². The maximum absolute atomic E-state index is 11.8. The van der Waals surface area contributed by atoms with Gasteiger partial charge in [-0.1, -0.05) is 20.8 Å². The van der Waals surface area contributed by atoms with Crippen molar-refractivity contribution in [2.45, 2.75) is 39.7 Å². The Bertz CT molecular complexity index is 244. The zero-order valence-corrected chi connectivity index (χ0v) is 12.3. The van der Waals surface area contributed by atoms with Gasteiger partial charge in [0.25, 0.3) is 0 Å². The number of nitrogens with zero attached hydrogens (tertiary/aromatic N) is 2. The van der Waals surface area contributed by atoms with Crippen molar-refractivity contribution in [3.63, 3.8) is 0 Å². The van der Waals surface area contributed by atoms with Crippen molar-refractivity contribution in [3.8, 4) is 0 Å². The average molecular weight is 256 g/mol. The first-order chi connectivity index (χ1) is 8.65. The van der Waals surface area contributed by atoms with Crippen LogP contribution in [0.3, 0.4) is 0 Å². The lowest BCUT2D eigenvalue weighted by Crippen LogP contribution is -2.51. The highest BCUT2D eigenvalue weighted by Crippen LogP contribution is 2.16. The maximum atomic E-state index is 11.8. The van der Waals surface area contributed by atoms with E-state index in [0.29, 0.717) is 0 Å². The molecule has 18 heavy (non-hydrogen) atoms. The molecule has 0 radical (unpaired) electrons. The lowest BCUT2D eigenvalue weighted by atomic mass is 9.99. The van der Waals surface area contributed by atoms with Crippen molar-refractivity contribution < 1.29 is 9.53 Å². The number of ether oxygens (including phenoxy) is 1. The zero-order chi connectivity index (χ0) is 13.5. The molecule has 0 unspecified atom stereocenters. The van der Waals surface area contributed by atoms with E-state index in [1.54, 1.807) is 0 Å². The Morgan fingerprint density at radius 2 is 1.78 bits per heavy atom. The Morgan fingerprint density at radius 3 is 2.28 bits per heavy atom. The smallest absolute Gasteiger partial charge is 0.248 e. The van der Waals surface area contributed by atoms with E-state index in [4.69, 9.17) is 4.74 Å². The van der Waals surface area contributed by atoms with Gasteiger partial charge in [0.1, 0.15) is 6.61 Å². The molecule has 2 heterocycles. The molecule has 2 fully saturated rings. The standard InChI is InChI=1S/C12H22N2O2.C2H6/c1-10-3-5-14(6-4-10)12(15)9-16-11-7-13(2)8-11;1-2/h10-11H,3-9H2,1-2H3;1-2H3. The van der Waals surface area contributed by atoms with Gasteiger partial charge in [-0.3, -0.25) is 4.79 Å². The van der Waals surface area contributed by atoms with Gasteiger partial charge >= 0.3 is 0 Å². The molecule has 2 rings (SSSR count). The van der Waals surface area contributed by atoms with Crippen molar-refractivity contribution >= 4 is 5.91 Å². The van der Waals surface area contributed by atoms with Crippen LogP contribution in [0.4, 0.5) is 0 Å². The Hall–Kier alpha value is -0.610. The SMILES string of the molecule is CC.CC1CCN(C(=O)COC2CN(C)C2)CC1. The van der Waals surface area contributed by atoms with Crippen LogP contribution >= 0.6 is 0 Å². The first-order valence-electron chi connectivity index (χ1n) is 7.23. The molecule has 0 spiro atoms. The van der Waals surface area contributed by atoms with Crippen LogP contribution in [0.15, 0.2) is 0 Å². The van der Waals surface area contributed by atoms with Gasteiger partial charge in [0.15, 0.2) is 0 Å². The number of carbonyl (C=O) groups is 1. The number of amides is 1. The van der Waals surface area contributed by atoms with E-state index in [1.165, 1.54) is 0 Å². The van der Waals surface area contributed by atoms with Gasteiger partial charge in [-0.15, -0.1) is 0 Å². The Balaban J connectivity index is 0.000000771. The van der Waals surface area contributed by atoms with E-state index in [2.05, 4.69) is 18.9 Å². The summed E-state index contributed by atoms with van der Waals surface area (Å²) < 4.78 is 5.56. The van der Waals surface area contributed by atoms with Crippen molar-refractivity contribution in [2.75, 3.05) is 39.8 Å². The molecule has 0 aliphatic carbocycles. The third kappa shape index (κ3) is 4.58.